The average Bonchev–Trinajstić information content (AvgIpc) is 2.32. The van der Waals surface area contributed by atoms with E-state index < -0.39 is 0 Å². The van der Waals surface area contributed by atoms with Crippen molar-refractivity contribution in [2.75, 3.05) is 0 Å². The zero-order chi connectivity index (χ0) is 12.7. The van der Waals surface area contributed by atoms with Crippen LogP contribution in [0.4, 0.5) is 0 Å². The molecule has 0 spiro atoms. The van der Waals surface area contributed by atoms with Gasteiger partial charge in [-0.3, -0.25) is 0 Å². The molecule has 1 aromatic rings. The van der Waals surface area contributed by atoms with Gasteiger partial charge in [0.05, 0.1) is 0 Å². The lowest BCUT2D eigenvalue weighted by atomic mass is 9.99. The van der Waals surface area contributed by atoms with E-state index in [0.717, 1.165) is 6.42 Å². The number of hydrogen-bond donors (Lipinski definition) is 1. The van der Waals surface area contributed by atoms with Crippen LogP contribution in [0.15, 0.2) is 18.2 Å². The summed E-state index contributed by atoms with van der Waals surface area (Å²) in [5.41, 5.74) is 8.93. The SMILES string of the molecule is CCCCCCCC(N)c1cccc(C)c1I. The van der Waals surface area contributed by atoms with E-state index >= 15 is 0 Å². The molecule has 0 heterocycles. The number of rotatable bonds is 7. The van der Waals surface area contributed by atoms with Crippen molar-refractivity contribution in [2.45, 2.75) is 58.4 Å². The zero-order valence-electron chi connectivity index (χ0n) is 11.0. The van der Waals surface area contributed by atoms with Gasteiger partial charge in [0.1, 0.15) is 0 Å². The Morgan fingerprint density at radius 2 is 1.88 bits per heavy atom. The van der Waals surface area contributed by atoms with Crippen LogP contribution in [0.3, 0.4) is 0 Å². The largest absolute Gasteiger partial charge is 0.324 e. The highest BCUT2D eigenvalue weighted by Crippen LogP contribution is 2.25. The summed E-state index contributed by atoms with van der Waals surface area (Å²) >= 11 is 2.41. The Hall–Kier alpha value is -0.0900. The molecule has 1 rings (SSSR count). The topological polar surface area (TPSA) is 26.0 Å². The van der Waals surface area contributed by atoms with Crippen LogP contribution in [-0.2, 0) is 0 Å². The molecule has 0 bridgehead atoms. The highest BCUT2D eigenvalue weighted by atomic mass is 127. The maximum atomic E-state index is 6.27. The molecule has 1 nitrogen and oxygen atoms in total. The summed E-state index contributed by atoms with van der Waals surface area (Å²) in [5.74, 6) is 0. The normalized spacial score (nSPS) is 12.7. The number of hydrogen-bond acceptors (Lipinski definition) is 1. The van der Waals surface area contributed by atoms with Gasteiger partial charge in [-0.15, -0.1) is 0 Å². The lowest BCUT2D eigenvalue weighted by Gasteiger charge is -2.15. The van der Waals surface area contributed by atoms with Gasteiger partial charge >= 0.3 is 0 Å². The van der Waals surface area contributed by atoms with Gasteiger partial charge in [-0.2, -0.15) is 0 Å². The Bertz CT molecular complexity index is 336. The molecule has 96 valence electrons. The minimum Gasteiger partial charge on any atom is -0.324 e. The molecule has 0 radical (unpaired) electrons. The summed E-state index contributed by atoms with van der Waals surface area (Å²) in [5, 5.41) is 0. The van der Waals surface area contributed by atoms with Gasteiger partial charge in [0, 0.05) is 9.61 Å². The molecular weight excluding hydrogens is 321 g/mol. The molecule has 1 atom stereocenters. The lowest BCUT2D eigenvalue weighted by molar-refractivity contribution is 0.554. The van der Waals surface area contributed by atoms with Gasteiger partial charge in [-0.05, 0) is 47.1 Å². The van der Waals surface area contributed by atoms with E-state index in [1.54, 1.807) is 0 Å². The molecule has 0 aliphatic rings. The fourth-order valence-electron chi connectivity index (χ4n) is 2.08. The molecule has 0 amide bonds. The van der Waals surface area contributed by atoms with E-state index in [1.165, 1.54) is 46.8 Å². The predicted octanol–water partition coefficient (Wildman–Crippen LogP) is 4.96. The first-order chi connectivity index (χ1) is 8.16. The standard InChI is InChI=1S/C15H24IN/c1-3-4-5-6-7-11-14(17)13-10-8-9-12(2)15(13)16/h8-10,14H,3-7,11,17H2,1-2H3. The Balaban J connectivity index is 2.41. The third kappa shape index (κ3) is 4.96. The fraction of sp³-hybridized carbons (Fsp3) is 0.600. The molecule has 17 heavy (non-hydrogen) atoms. The summed E-state index contributed by atoms with van der Waals surface area (Å²) < 4.78 is 1.34. The van der Waals surface area contributed by atoms with Crippen molar-refractivity contribution in [1.29, 1.82) is 0 Å². The van der Waals surface area contributed by atoms with Crippen molar-refractivity contribution in [3.05, 3.63) is 32.9 Å². The highest BCUT2D eigenvalue weighted by molar-refractivity contribution is 14.1. The zero-order valence-corrected chi connectivity index (χ0v) is 13.2. The van der Waals surface area contributed by atoms with Crippen molar-refractivity contribution in [3.8, 4) is 0 Å². The molecule has 1 aromatic carbocycles. The van der Waals surface area contributed by atoms with Gasteiger partial charge in [-0.1, -0.05) is 57.2 Å². The second kappa shape index (κ2) is 8.09. The van der Waals surface area contributed by atoms with Crippen LogP contribution < -0.4 is 5.73 Å². The minimum absolute atomic E-state index is 0.212. The summed E-state index contributed by atoms with van der Waals surface area (Å²) in [4.78, 5) is 0. The Kier molecular flexibility index (Phi) is 7.12. The van der Waals surface area contributed by atoms with E-state index in [-0.39, 0.29) is 6.04 Å². The number of nitrogens with two attached hydrogens (primary N) is 1. The molecule has 0 saturated carbocycles. The Labute approximate surface area is 119 Å². The van der Waals surface area contributed by atoms with Crippen LogP contribution in [0.25, 0.3) is 0 Å². The third-order valence-corrected chi connectivity index (χ3v) is 4.71. The summed E-state index contributed by atoms with van der Waals surface area (Å²) in [6.45, 7) is 4.40. The Morgan fingerprint density at radius 1 is 1.18 bits per heavy atom. The van der Waals surface area contributed by atoms with Gasteiger partial charge in [0.25, 0.3) is 0 Å². The highest BCUT2D eigenvalue weighted by Gasteiger charge is 2.10. The van der Waals surface area contributed by atoms with E-state index in [2.05, 4.69) is 54.6 Å². The van der Waals surface area contributed by atoms with Crippen LogP contribution in [0, 0.1) is 10.5 Å². The smallest absolute Gasteiger partial charge is 0.0305 e. The molecule has 0 aromatic heterocycles. The minimum atomic E-state index is 0.212. The fourth-order valence-corrected chi connectivity index (χ4v) is 2.84. The van der Waals surface area contributed by atoms with Crippen LogP contribution in [0.1, 0.15) is 62.6 Å². The van der Waals surface area contributed by atoms with E-state index in [9.17, 15) is 0 Å². The van der Waals surface area contributed by atoms with E-state index in [0.29, 0.717) is 0 Å². The van der Waals surface area contributed by atoms with Crippen molar-refractivity contribution < 1.29 is 0 Å². The molecule has 0 saturated heterocycles. The summed E-state index contributed by atoms with van der Waals surface area (Å²) in [6, 6.07) is 6.65. The first-order valence-electron chi connectivity index (χ1n) is 6.67. The van der Waals surface area contributed by atoms with Crippen LogP contribution >= 0.6 is 22.6 Å². The molecule has 0 fully saturated rings. The quantitative estimate of drug-likeness (QED) is 0.549. The maximum absolute atomic E-state index is 6.27. The van der Waals surface area contributed by atoms with Crippen molar-refractivity contribution in [2.24, 2.45) is 5.73 Å². The van der Waals surface area contributed by atoms with E-state index in [1.807, 2.05) is 0 Å². The number of benzene rings is 1. The van der Waals surface area contributed by atoms with Gasteiger partial charge in [0.15, 0.2) is 0 Å². The molecular formula is C15H24IN. The lowest BCUT2D eigenvalue weighted by Crippen LogP contribution is -2.12. The Morgan fingerprint density at radius 3 is 2.59 bits per heavy atom. The van der Waals surface area contributed by atoms with Crippen LogP contribution in [-0.4, -0.2) is 0 Å². The number of aryl methyl sites for hydroxylation is 1. The van der Waals surface area contributed by atoms with Crippen LogP contribution in [0.5, 0.6) is 0 Å². The molecule has 2 N–H and O–H groups in total. The summed E-state index contributed by atoms with van der Waals surface area (Å²) in [7, 11) is 0. The third-order valence-electron chi connectivity index (χ3n) is 3.24. The van der Waals surface area contributed by atoms with Crippen molar-refractivity contribution in [1.82, 2.24) is 0 Å². The van der Waals surface area contributed by atoms with Crippen LogP contribution in [0.2, 0.25) is 0 Å². The second-order valence-electron chi connectivity index (χ2n) is 4.79. The summed E-state index contributed by atoms with van der Waals surface area (Å²) in [6.07, 6.45) is 7.71. The number of unbranched alkanes of at least 4 members (excludes halogenated alkanes) is 4. The van der Waals surface area contributed by atoms with Crippen molar-refractivity contribution in [3.63, 3.8) is 0 Å². The van der Waals surface area contributed by atoms with Gasteiger partial charge in [0.2, 0.25) is 0 Å². The molecule has 0 aliphatic heterocycles. The molecule has 0 aliphatic carbocycles. The average molecular weight is 345 g/mol. The maximum Gasteiger partial charge on any atom is 0.0305 e. The predicted molar refractivity (Wildman–Crippen MR) is 84.2 cm³/mol. The second-order valence-corrected chi connectivity index (χ2v) is 5.87. The first kappa shape index (κ1) is 15.0. The molecule has 1 unspecified atom stereocenters. The number of halogens is 1. The first-order valence-corrected chi connectivity index (χ1v) is 7.75. The van der Waals surface area contributed by atoms with Crippen molar-refractivity contribution >= 4 is 22.6 Å². The van der Waals surface area contributed by atoms with Gasteiger partial charge < -0.3 is 5.73 Å². The monoisotopic (exact) mass is 345 g/mol. The van der Waals surface area contributed by atoms with E-state index in [4.69, 9.17) is 5.73 Å². The molecule has 2 heteroatoms. The van der Waals surface area contributed by atoms with Gasteiger partial charge in [-0.25, -0.2) is 0 Å².